The highest BCUT2D eigenvalue weighted by Crippen LogP contribution is 2.53. The summed E-state index contributed by atoms with van der Waals surface area (Å²) in [6.07, 6.45) is 4.64. The van der Waals surface area contributed by atoms with E-state index < -0.39 is 7.37 Å². The highest BCUT2D eigenvalue weighted by atomic mass is 31.2. The monoisotopic (exact) mass is 397 g/mol. The number of hydrogen-bond acceptors (Lipinski definition) is 3. The zero-order valence-corrected chi connectivity index (χ0v) is 17.6. The minimum Gasteiger partial charge on any atom is -0.331 e. The SMILES string of the molecule is COP(=O)(Cc1ccc(C)cc1)Cc1ccc2c(c1)CCC(=O)N2CC1CC1. The molecule has 5 heteroatoms. The molecular weight excluding hydrogens is 369 g/mol. The normalized spacial score (nSPS) is 18.6. The Hall–Kier alpha value is -1.90. The number of fused-ring (bicyclic) bond motifs is 1. The number of anilines is 1. The molecule has 2 aromatic carbocycles. The van der Waals surface area contributed by atoms with Crippen LogP contribution in [-0.4, -0.2) is 19.6 Å². The van der Waals surface area contributed by atoms with E-state index in [0.717, 1.165) is 29.8 Å². The van der Waals surface area contributed by atoms with E-state index in [1.54, 1.807) is 7.11 Å². The van der Waals surface area contributed by atoms with Crippen molar-refractivity contribution in [1.29, 1.82) is 0 Å². The van der Waals surface area contributed by atoms with Crippen molar-refractivity contribution in [1.82, 2.24) is 0 Å². The molecule has 4 nitrogen and oxygen atoms in total. The summed E-state index contributed by atoms with van der Waals surface area (Å²) < 4.78 is 18.9. The second kappa shape index (κ2) is 7.85. The molecule has 4 rings (SSSR count). The Balaban J connectivity index is 1.53. The van der Waals surface area contributed by atoms with E-state index in [0.29, 0.717) is 24.7 Å². The van der Waals surface area contributed by atoms with Gasteiger partial charge in [0.2, 0.25) is 13.3 Å². The van der Waals surface area contributed by atoms with Crippen LogP contribution in [0.25, 0.3) is 0 Å². The van der Waals surface area contributed by atoms with Gasteiger partial charge in [0, 0.05) is 25.8 Å². The van der Waals surface area contributed by atoms with Crippen LogP contribution in [0.2, 0.25) is 0 Å². The minimum absolute atomic E-state index is 0.231. The Morgan fingerprint density at radius 1 is 1.04 bits per heavy atom. The number of aryl methyl sites for hydroxylation is 2. The third-order valence-electron chi connectivity index (χ3n) is 5.78. The van der Waals surface area contributed by atoms with E-state index >= 15 is 0 Å². The number of carbonyl (C=O) groups is 1. The van der Waals surface area contributed by atoms with Gasteiger partial charge < -0.3 is 9.42 Å². The predicted molar refractivity (Wildman–Crippen MR) is 113 cm³/mol. The molecule has 2 aliphatic rings. The molecule has 28 heavy (non-hydrogen) atoms. The number of rotatable bonds is 7. The van der Waals surface area contributed by atoms with Crippen LogP contribution < -0.4 is 4.90 Å². The van der Waals surface area contributed by atoms with Crippen LogP contribution in [0.1, 0.15) is 41.5 Å². The third-order valence-corrected chi connectivity index (χ3v) is 8.14. The molecule has 1 unspecified atom stereocenters. The van der Waals surface area contributed by atoms with Crippen molar-refractivity contribution in [2.45, 2.75) is 44.9 Å². The summed E-state index contributed by atoms with van der Waals surface area (Å²) in [5, 5.41) is 0. The second-order valence-corrected chi connectivity index (χ2v) is 10.8. The lowest BCUT2D eigenvalue weighted by atomic mass is 9.99. The van der Waals surface area contributed by atoms with Gasteiger partial charge in [-0.3, -0.25) is 9.36 Å². The van der Waals surface area contributed by atoms with Gasteiger partial charge in [-0.15, -0.1) is 0 Å². The zero-order valence-electron chi connectivity index (χ0n) is 16.7. The van der Waals surface area contributed by atoms with E-state index in [9.17, 15) is 9.36 Å². The van der Waals surface area contributed by atoms with Crippen molar-refractivity contribution < 1.29 is 13.9 Å². The molecule has 1 aliphatic heterocycles. The molecule has 0 spiro atoms. The summed E-state index contributed by atoms with van der Waals surface area (Å²) in [6, 6.07) is 14.3. The number of amides is 1. The third kappa shape index (κ3) is 4.39. The topological polar surface area (TPSA) is 46.6 Å². The molecule has 0 saturated heterocycles. The highest BCUT2D eigenvalue weighted by molar-refractivity contribution is 7.57. The number of benzene rings is 2. The average Bonchev–Trinajstić information content (AvgIpc) is 3.50. The Bertz CT molecular complexity index is 918. The maximum absolute atomic E-state index is 13.4. The molecule has 2 aromatic rings. The van der Waals surface area contributed by atoms with E-state index in [1.165, 1.54) is 24.0 Å². The molecule has 1 fully saturated rings. The van der Waals surface area contributed by atoms with Gasteiger partial charge in [0.1, 0.15) is 0 Å². The fraction of sp³-hybridized carbons (Fsp3) is 0.435. The van der Waals surface area contributed by atoms with Crippen LogP contribution in [0, 0.1) is 12.8 Å². The first kappa shape index (κ1) is 19.4. The number of hydrogen-bond donors (Lipinski definition) is 0. The van der Waals surface area contributed by atoms with Crippen LogP contribution in [0.15, 0.2) is 42.5 Å². The van der Waals surface area contributed by atoms with Gasteiger partial charge in [0.05, 0.1) is 12.3 Å². The maximum Gasteiger partial charge on any atom is 0.227 e. The van der Waals surface area contributed by atoms with Crippen molar-refractivity contribution in [3.05, 3.63) is 64.7 Å². The smallest absolute Gasteiger partial charge is 0.227 e. The lowest BCUT2D eigenvalue weighted by Gasteiger charge is -2.30. The summed E-state index contributed by atoms with van der Waals surface area (Å²) in [6.45, 7) is 2.89. The average molecular weight is 397 g/mol. The van der Waals surface area contributed by atoms with Gasteiger partial charge >= 0.3 is 0 Å². The molecule has 1 amide bonds. The second-order valence-electron chi connectivity index (χ2n) is 8.21. The summed E-state index contributed by atoms with van der Waals surface area (Å²) in [5.74, 6) is 0.895. The molecular formula is C23H28NO3P. The van der Waals surface area contributed by atoms with Crippen LogP contribution in [0.4, 0.5) is 5.69 Å². The summed E-state index contributed by atoms with van der Waals surface area (Å²) in [4.78, 5) is 14.3. The maximum atomic E-state index is 13.4. The quantitative estimate of drug-likeness (QED) is 0.595. The standard InChI is InChI=1S/C23H28NO3P/c1-17-3-5-19(6-4-17)15-28(26,27-2)16-20-9-11-22-21(13-20)10-12-23(25)24(22)14-18-7-8-18/h3-6,9,11,13,18H,7-8,10,12,14-16H2,1-2H3. The van der Waals surface area contributed by atoms with Crippen LogP contribution in [-0.2, 0) is 32.6 Å². The minimum atomic E-state index is -2.82. The molecule has 1 aliphatic carbocycles. The Labute approximate surface area is 167 Å². The van der Waals surface area contributed by atoms with Crippen molar-refractivity contribution in [3.63, 3.8) is 0 Å². The summed E-state index contributed by atoms with van der Waals surface area (Å²) >= 11 is 0. The van der Waals surface area contributed by atoms with Gasteiger partial charge in [-0.1, -0.05) is 42.0 Å². The zero-order chi connectivity index (χ0) is 19.7. The van der Waals surface area contributed by atoms with E-state index in [2.05, 4.69) is 6.07 Å². The van der Waals surface area contributed by atoms with Crippen LogP contribution >= 0.6 is 7.37 Å². The number of carbonyl (C=O) groups excluding carboxylic acids is 1. The van der Waals surface area contributed by atoms with Gasteiger partial charge in [-0.05, 0) is 54.9 Å². The van der Waals surface area contributed by atoms with Gasteiger partial charge in [-0.25, -0.2) is 0 Å². The summed E-state index contributed by atoms with van der Waals surface area (Å²) in [7, 11) is -1.27. The Kier molecular flexibility index (Phi) is 5.44. The van der Waals surface area contributed by atoms with Crippen LogP contribution in [0.5, 0.6) is 0 Å². The lowest BCUT2D eigenvalue weighted by Crippen LogP contribution is -2.36. The van der Waals surface area contributed by atoms with E-state index in [4.69, 9.17) is 4.52 Å². The summed E-state index contributed by atoms with van der Waals surface area (Å²) in [5.41, 5.74) is 5.48. The first-order valence-corrected chi connectivity index (χ1v) is 12.1. The fourth-order valence-electron chi connectivity index (χ4n) is 3.91. The largest absolute Gasteiger partial charge is 0.331 e. The Morgan fingerprint density at radius 3 is 2.39 bits per heavy atom. The molecule has 1 heterocycles. The predicted octanol–water partition coefficient (Wildman–Crippen LogP) is 5.31. The molecule has 0 N–H and O–H groups in total. The molecule has 0 radical (unpaired) electrons. The van der Waals surface area contributed by atoms with Crippen molar-refractivity contribution >= 4 is 19.0 Å². The van der Waals surface area contributed by atoms with Crippen molar-refractivity contribution in [3.8, 4) is 0 Å². The van der Waals surface area contributed by atoms with Gasteiger partial charge in [-0.2, -0.15) is 0 Å². The van der Waals surface area contributed by atoms with Crippen molar-refractivity contribution in [2.24, 2.45) is 5.92 Å². The molecule has 148 valence electrons. The van der Waals surface area contributed by atoms with E-state index in [1.807, 2.05) is 48.2 Å². The van der Waals surface area contributed by atoms with Gasteiger partial charge in [0.25, 0.3) is 0 Å². The molecule has 0 aromatic heterocycles. The molecule has 1 saturated carbocycles. The first-order chi connectivity index (χ1) is 13.5. The number of nitrogens with zero attached hydrogens (tertiary/aromatic N) is 1. The lowest BCUT2D eigenvalue weighted by molar-refractivity contribution is -0.118. The molecule has 1 atom stereocenters. The molecule has 0 bridgehead atoms. The Morgan fingerprint density at radius 2 is 1.71 bits per heavy atom. The van der Waals surface area contributed by atoms with Gasteiger partial charge in [0.15, 0.2) is 0 Å². The van der Waals surface area contributed by atoms with Crippen molar-refractivity contribution in [2.75, 3.05) is 18.6 Å². The first-order valence-electron chi connectivity index (χ1n) is 10.1. The van der Waals surface area contributed by atoms with E-state index in [-0.39, 0.29) is 5.91 Å². The fourth-order valence-corrected chi connectivity index (χ4v) is 5.80. The van der Waals surface area contributed by atoms with Crippen LogP contribution in [0.3, 0.4) is 0 Å². The highest BCUT2D eigenvalue weighted by Gasteiger charge is 2.31.